The Labute approximate surface area is 127 Å². The van der Waals surface area contributed by atoms with Gasteiger partial charge < -0.3 is 10.6 Å². The average Bonchev–Trinajstić information content (AvgIpc) is 2.45. The first-order valence-electron chi connectivity index (χ1n) is 6.61. The van der Waals surface area contributed by atoms with Crippen molar-refractivity contribution in [3.63, 3.8) is 0 Å². The molecule has 0 saturated carbocycles. The number of aromatic nitrogens is 3. The normalized spacial score (nSPS) is 10.3. The van der Waals surface area contributed by atoms with Crippen molar-refractivity contribution in [1.82, 2.24) is 15.0 Å². The van der Waals surface area contributed by atoms with E-state index in [1.165, 1.54) is 0 Å². The number of nitrogens with zero attached hydrogens (tertiary/aromatic N) is 3. The summed E-state index contributed by atoms with van der Waals surface area (Å²) in [4.78, 5) is 12.9. The van der Waals surface area contributed by atoms with Crippen molar-refractivity contribution in [3.8, 4) is 0 Å². The molecule has 0 atom stereocenters. The maximum absolute atomic E-state index is 4.45. The van der Waals surface area contributed by atoms with E-state index in [0.717, 1.165) is 40.5 Å². The average molecular weight is 336 g/mol. The maximum atomic E-state index is 4.45. The van der Waals surface area contributed by atoms with Gasteiger partial charge in [0.25, 0.3) is 0 Å². The van der Waals surface area contributed by atoms with E-state index in [9.17, 15) is 0 Å². The highest BCUT2D eigenvalue weighted by Gasteiger charge is 2.08. The van der Waals surface area contributed by atoms with Crippen molar-refractivity contribution < 1.29 is 0 Å². The van der Waals surface area contributed by atoms with E-state index in [1.54, 1.807) is 6.33 Å². The van der Waals surface area contributed by atoms with Gasteiger partial charge in [-0.05, 0) is 41.4 Å². The number of hydrogen-bond donors (Lipinski definition) is 2. The minimum atomic E-state index is 0.629. The van der Waals surface area contributed by atoms with Crippen LogP contribution >= 0.6 is 15.9 Å². The van der Waals surface area contributed by atoms with Gasteiger partial charge in [0.1, 0.15) is 22.4 Å². The molecule has 2 heterocycles. The van der Waals surface area contributed by atoms with Gasteiger partial charge in [-0.15, -0.1) is 0 Å². The number of pyridine rings is 1. The Kier molecular flexibility index (Phi) is 5.29. The first-order valence-corrected chi connectivity index (χ1v) is 7.40. The van der Waals surface area contributed by atoms with E-state index < -0.39 is 0 Å². The second kappa shape index (κ2) is 7.19. The molecule has 6 heteroatoms. The van der Waals surface area contributed by atoms with Gasteiger partial charge in [-0.1, -0.05) is 13.0 Å². The van der Waals surface area contributed by atoms with Crippen LogP contribution in [0.15, 0.2) is 29.0 Å². The lowest BCUT2D eigenvalue weighted by Gasteiger charge is -2.11. The van der Waals surface area contributed by atoms with Crippen molar-refractivity contribution in [2.75, 3.05) is 17.2 Å². The van der Waals surface area contributed by atoms with E-state index in [-0.39, 0.29) is 0 Å². The van der Waals surface area contributed by atoms with E-state index in [1.807, 2.05) is 25.1 Å². The van der Waals surface area contributed by atoms with Crippen molar-refractivity contribution >= 4 is 27.6 Å². The van der Waals surface area contributed by atoms with Gasteiger partial charge in [0.2, 0.25) is 0 Å². The molecule has 0 spiro atoms. The summed E-state index contributed by atoms with van der Waals surface area (Å²) in [5.41, 5.74) is 2.00. The zero-order valence-electron chi connectivity index (χ0n) is 11.7. The smallest absolute Gasteiger partial charge is 0.146 e. The number of nitrogens with one attached hydrogen (secondary N) is 2. The molecule has 0 fully saturated rings. The molecule has 0 aliphatic rings. The molecule has 0 aliphatic carbocycles. The van der Waals surface area contributed by atoms with Crippen LogP contribution in [0.2, 0.25) is 0 Å². The number of aryl methyl sites for hydroxylation is 1. The van der Waals surface area contributed by atoms with Crippen LogP contribution in [0.3, 0.4) is 0 Å². The van der Waals surface area contributed by atoms with Crippen molar-refractivity contribution in [2.24, 2.45) is 0 Å². The zero-order valence-corrected chi connectivity index (χ0v) is 13.2. The first-order chi connectivity index (χ1) is 9.70. The van der Waals surface area contributed by atoms with Gasteiger partial charge in [0, 0.05) is 12.2 Å². The fourth-order valence-electron chi connectivity index (χ4n) is 1.73. The van der Waals surface area contributed by atoms with Crippen LogP contribution in [0, 0.1) is 6.92 Å². The van der Waals surface area contributed by atoms with Crippen molar-refractivity contribution in [3.05, 3.63) is 40.4 Å². The lowest BCUT2D eigenvalue weighted by Crippen LogP contribution is -2.08. The lowest BCUT2D eigenvalue weighted by atomic mass is 10.3. The highest BCUT2D eigenvalue weighted by atomic mass is 79.9. The summed E-state index contributed by atoms with van der Waals surface area (Å²) in [6.45, 7) is 5.61. The molecule has 0 aromatic carbocycles. The molecule has 20 heavy (non-hydrogen) atoms. The second-order valence-electron chi connectivity index (χ2n) is 4.44. The number of hydrogen-bond acceptors (Lipinski definition) is 5. The van der Waals surface area contributed by atoms with Crippen LogP contribution < -0.4 is 10.6 Å². The molecule has 5 nitrogen and oxygen atoms in total. The Hall–Kier alpha value is -1.69. The van der Waals surface area contributed by atoms with Crippen LogP contribution in [0.1, 0.15) is 24.7 Å². The molecule has 106 valence electrons. The summed E-state index contributed by atoms with van der Waals surface area (Å²) in [6.07, 6.45) is 2.60. The number of rotatable bonds is 6. The molecule has 2 N–H and O–H groups in total. The van der Waals surface area contributed by atoms with Gasteiger partial charge >= 0.3 is 0 Å². The molecular formula is C14H18BrN5. The zero-order chi connectivity index (χ0) is 14.4. The van der Waals surface area contributed by atoms with Crippen LogP contribution in [0.25, 0.3) is 0 Å². The van der Waals surface area contributed by atoms with Crippen molar-refractivity contribution in [1.29, 1.82) is 0 Å². The Morgan fingerprint density at radius 2 is 1.90 bits per heavy atom. The third-order valence-corrected chi connectivity index (χ3v) is 3.47. The maximum Gasteiger partial charge on any atom is 0.146 e. The monoisotopic (exact) mass is 335 g/mol. The van der Waals surface area contributed by atoms with Gasteiger partial charge in [-0.25, -0.2) is 9.97 Å². The van der Waals surface area contributed by atoms with Gasteiger partial charge in [0.05, 0.1) is 12.2 Å². The van der Waals surface area contributed by atoms with Gasteiger partial charge in [0.15, 0.2) is 0 Å². The predicted octanol–water partition coefficient (Wildman–Crippen LogP) is 3.38. The molecule has 2 aromatic rings. The molecule has 2 rings (SSSR count). The number of halogens is 1. The van der Waals surface area contributed by atoms with Crippen molar-refractivity contribution in [2.45, 2.75) is 26.8 Å². The molecule has 0 bridgehead atoms. The molecular weight excluding hydrogens is 318 g/mol. The Balaban J connectivity index is 2.06. The number of anilines is 2. The van der Waals surface area contributed by atoms with Crippen LogP contribution in [0.5, 0.6) is 0 Å². The SMILES string of the molecule is CCCNc1ncnc(NCc2cccc(C)n2)c1Br. The molecule has 0 aliphatic heterocycles. The quantitative estimate of drug-likeness (QED) is 0.847. The summed E-state index contributed by atoms with van der Waals surface area (Å²) in [7, 11) is 0. The standard InChI is InChI=1S/C14H18BrN5/c1-3-7-16-13-12(15)14(19-9-18-13)17-8-11-6-4-5-10(2)20-11/h4-6,9H,3,7-8H2,1-2H3,(H2,16,17,18,19). The van der Waals surface area contributed by atoms with Crippen LogP contribution in [-0.4, -0.2) is 21.5 Å². The molecule has 0 radical (unpaired) electrons. The summed E-state index contributed by atoms with van der Waals surface area (Å²) in [5, 5.41) is 6.53. The third-order valence-electron chi connectivity index (χ3n) is 2.71. The van der Waals surface area contributed by atoms with Gasteiger partial charge in [-0.3, -0.25) is 4.98 Å². The Morgan fingerprint density at radius 1 is 1.15 bits per heavy atom. The van der Waals surface area contributed by atoms with E-state index in [2.05, 4.69) is 48.4 Å². The van der Waals surface area contributed by atoms with Crippen LogP contribution in [0.4, 0.5) is 11.6 Å². The summed E-state index contributed by atoms with van der Waals surface area (Å²) in [5.74, 6) is 1.57. The van der Waals surface area contributed by atoms with Crippen LogP contribution in [-0.2, 0) is 6.54 Å². The van der Waals surface area contributed by atoms with E-state index in [4.69, 9.17) is 0 Å². The summed E-state index contributed by atoms with van der Waals surface area (Å²) in [6, 6.07) is 5.98. The van der Waals surface area contributed by atoms with E-state index in [0.29, 0.717) is 6.54 Å². The Bertz CT molecular complexity index is 573. The fraction of sp³-hybridized carbons (Fsp3) is 0.357. The predicted molar refractivity (Wildman–Crippen MR) is 84.8 cm³/mol. The minimum absolute atomic E-state index is 0.629. The molecule has 0 amide bonds. The van der Waals surface area contributed by atoms with E-state index >= 15 is 0 Å². The Morgan fingerprint density at radius 3 is 2.60 bits per heavy atom. The second-order valence-corrected chi connectivity index (χ2v) is 5.23. The first kappa shape index (κ1) is 14.7. The molecule has 2 aromatic heterocycles. The van der Waals surface area contributed by atoms with Gasteiger partial charge in [-0.2, -0.15) is 0 Å². The minimum Gasteiger partial charge on any atom is -0.369 e. The molecule has 0 unspecified atom stereocenters. The summed E-state index contributed by atoms with van der Waals surface area (Å²) < 4.78 is 0.848. The fourth-order valence-corrected chi connectivity index (χ4v) is 2.22. The largest absolute Gasteiger partial charge is 0.369 e. The highest BCUT2D eigenvalue weighted by Crippen LogP contribution is 2.26. The third kappa shape index (κ3) is 3.90. The highest BCUT2D eigenvalue weighted by molar-refractivity contribution is 9.10. The summed E-state index contributed by atoms with van der Waals surface area (Å²) >= 11 is 3.53. The topological polar surface area (TPSA) is 62.7 Å². The lowest BCUT2D eigenvalue weighted by molar-refractivity contribution is 0.956. The molecule has 0 saturated heterocycles.